The molecule has 8 heteroatoms. The molecule has 0 aromatic heterocycles. The Morgan fingerprint density at radius 1 is 1.00 bits per heavy atom. The van der Waals surface area contributed by atoms with Gasteiger partial charge >= 0.3 is 12.1 Å². The van der Waals surface area contributed by atoms with E-state index in [4.69, 9.17) is 14.6 Å². The molecular weight excluding hydrogens is 448 g/mol. The number of carbonyl (C=O) groups is 3. The van der Waals surface area contributed by atoms with Gasteiger partial charge in [-0.25, -0.2) is 4.79 Å². The van der Waals surface area contributed by atoms with Crippen LogP contribution in [0.3, 0.4) is 0 Å². The van der Waals surface area contributed by atoms with E-state index in [2.05, 4.69) is 34.9 Å². The van der Waals surface area contributed by atoms with Gasteiger partial charge in [-0.3, -0.25) is 9.59 Å². The van der Waals surface area contributed by atoms with Crippen molar-refractivity contribution in [3.63, 3.8) is 0 Å². The first kappa shape index (κ1) is 23.4. The number of alkyl carbamates (subject to hydrolysis) is 1. The summed E-state index contributed by atoms with van der Waals surface area (Å²) in [4.78, 5) is 35.9. The third-order valence-corrected chi connectivity index (χ3v) is 7.37. The number of aliphatic carboxylic acids is 1. The third kappa shape index (κ3) is 5.03. The number of amides is 2. The van der Waals surface area contributed by atoms with Crippen LogP contribution in [0.2, 0.25) is 0 Å². The molecule has 3 N–H and O–H groups in total. The highest BCUT2D eigenvalue weighted by Crippen LogP contribution is 2.44. The Balaban J connectivity index is 1.09. The largest absolute Gasteiger partial charge is 0.481 e. The van der Waals surface area contributed by atoms with Crippen molar-refractivity contribution in [2.45, 2.75) is 43.7 Å². The fraction of sp³-hybridized carbons (Fsp3) is 0.444. The van der Waals surface area contributed by atoms with Crippen LogP contribution in [0.1, 0.15) is 42.7 Å². The molecule has 0 radical (unpaired) electrons. The standard InChI is InChI=1S/C27H30N2O6/c30-24(31)13-16-11-18(12-16)29-26(32)25-17(9-10-34-25)14-28-27(33)35-15-23-21-7-3-1-5-19(21)20-6-2-4-8-22(20)23/h1-8,16-18,23,25H,9-15H2,(H,28,33)(H,29,32)(H,30,31)/t16?,17-,18?,25-/m0/s1. The van der Waals surface area contributed by atoms with E-state index >= 15 is 0 Å². The Bertz CT molecular complexity index is 1070. The summed E-state index contributed by atoms with van der Waals surface area (Å²) in [5.74, 6) is -1.02. The summed E-state index contributed by atoms with van der Waals surface area (Å²) in [6, 6.07) is 16.4. The number of nitrogens with one attached hydrogen (secondary N) is 2. The molecule has 1 aliphatic heterocycles. The minimum absolute atomic E-state index is 0.00563. The van der Waals surface area contributed by atoms with Gasteiger partial charge in [-0.15, -0.1) is 0 Å². The number of fused-ring (bicyclic) bond motifs is 3. The first-order valence-electron chi connectivity index (χ1n) is 12.2. The molecule has 1 saturated carbocycles. The molecular formula is C27H30N2O6. The number of hydrogen-bond acceptors (Lipinski definition) is 5. The Labute approximate surface area is 204 Å². The number of rotatable bonds is 8. The van der Waals surface area contributed by atoms with Crippen molar-refractivity contribution in [3.05, 3.63) is 59.7 Å². The van der Waals surface area contributed by atoms with Gasteiger partial charge in [0.15, 0.2) is 0 Å². The van der Waals surface area contributed by atoms with Gasteiger partial charge < -0.3 is 25.2 Å². The average molecular weight is 479 g/mol. The van der Waals surface area contributed by atoms with Gasteiger partial charge in [0.1, 0.15) is 12.7 Å². The van der Waals surface area contributed by atoms with Gasteiger partial charge in [0.25, 0.3) is 0 Å². The fourth-order valence-corrected chi connectivity index (χ4v) is 5.55. The lowest BCUT2D eigenvalue weighted by Crippen LogP contribution is -2.50. The van der Waals surface area contributed by atoms with Crippen LogP contribution in [-0.4, -0.2) is 55.0 Å². The van der Waals surface area contributed by atoms with Crippen LogP contribution in [0.25, 0.3) is 11.1 Å². The molecule has 2 aromatic carbocycles. The van der Waals surface area contributed by atoms with Crippen LogP contribution in [-0.2, 0) is 19.1 Å². The van der Waals surface area contributed by atoms with E-state index in [1.807, 2.05) is 24.3 Å². The lowest BCUT2D eigenvalue weighted by Gasteiger charge is -2.35. The summed E-state index contributed by atoms with van der Waals surface area (Å²) in [6.07, 6.45) is 1.03. The maximum absolute atomic E-state index is 12.7. The summed E-state index contributed by atoms with van der Waals surface area (Å²) in [7, 11) is 0. The molecule has 2 aromatic rings. The normalized spacial score (nSPS) is 24.7. The molecule has 0 unspecified atom stereocenters. The van der Waals surface area contributed by atoms with Crippen molar-refractivity contribution in [1.82, 2.24) is 10.6 Å². The van der Waals surface area contributed by atoms with E-state index in [9.17, 15) is 14.4 Å². The number of carbonyl (C=O) groups excluding carboxylic acids is 2. The van der Waals surface area contributed by atoms with Crippen LogP contribution in [0.4, 0.5) is 4.79 Å². The maximum Gasteiger partial charge on any atom is 0.407 e. The molecule has 8 nitrogen and oxygen atoms in total. The topological polar surface area (TPSA) is 114 Å². The Morgan fingerprint density at radius 3 is 2.31 bits per heavy atom. The minimum Gasteiger partial charge on any atom is -0.481 e. The molecule has 5 rings (SSSR count). The predicted molar refractivity (Wildman–Crippen MR) is 128 cm³/mol. The summed E-state index contributed by atoms with van der Waals surface area (Å²) < 4.78 is 11.2. The zero-order valence-electron chi connectivity index (χ0n) is 19.4. The summed E-state index contributed by atoms with van der Waals surface area (Å²) in [6.45, 7) is 0.993. The van der Waals surface area contributed by atoms with Crippen LogP contribution in [0.5, 0.6) is 0 Å². The Hall–Kier alpha value is -3.39. The first-order chi connectivity index (χ1) is 17.0. The quantitative estimate of drug-likeness (QED) is 0.537. The molecule has 1 saturated heterocycles. The van der Waals surface area contributed by atoms with Crippen LogP contribution >= 0.6 is 0 Å². The highest BCUT2D eigenvalue weighted by Gasteiger charge is 2.38. The Kier molecular flexibility index (Phi) is 6.72. The van der Waals surface area contributed by atoms with Crippen molar-refractivity contribution in [3.8, 4) is 11.1 Å². The predicted octanol–water partition coefficient (Wildman–Crippen LogP) is 3.30. The smallest absolute Gasteiger partial charge is 0.407 e. The van der Waals surface area contributed by atoms with Crippen LogP contribution in [0.15, 0.2) is 48.5 Å². The van der Waals surface area contributed by atoms with E-state index in [0.29, 0.717) is 32.4 Å². The van der Waals surface area contributed by atoms with Gasteiger partial charge in [0.05, 0.1) is 0 Å². The van der Waals surface area contributed by atoms with E-state index in [1.54, 1.807) is 0 Å². The highest BCUT2D eigenvalue weighted by atomic mass is 16.5. The average Bonchev–Trinajstić information content (AvgIpc) is 3.42. The molecule has 0 spiro atoms. The van der Waals surface area contributed by atoms with E-state index in [-0.39, 0.29) is 42.7 Å². The van der Waals surface area contributed by atoms with Gasteiger partial charge in [0, 0.05) is 37.5 Å². The first-order valence-corrected chi connectivity index (χ1v) is 12.2. The number of carboxylic acids is 1. The number of hydrogen-bond donors (Lipinski definition) is 3. The molecule has 2 atom stereocenters. The van der Waals surface area contributed by atoms with Crippen molar-refractivity contribution >= 4 is 18.0 Å². The summed E-state index contributed by atoms with van der Waals surface area (Å²) in [5.41, 5.74) is 4.66. The molecule has 2 aliphatic carbocycles. The van der Waals surface area contributed by atoms with Crippen LogP contribution in [0, 0.1) is 11.8 Å². The second-order valence-corrected chi connectivity index (χ2v) is 9.69. The van der Waals surface area contributed by atoms with E-state index in [0.717, 1.165) is 11.1 Å². The summed E-state index contributed by atoms with van der Waals surface area (Å²) in [5, 5.41) is 14.6. The van der Waals surface area contributed by atoms with Gasteiger partial charge in [0.2, 0.25) is 5.91 Å². The lowest BCUT2D eigenvalue weighted by molar-refractivity contribution is -0.139. The van der Waals surface area contributed by atoms with E-state index in [1.165, 1.54) is 11.1 Å². The lowest BCUT2D eigenvalue weighted by atomic mass is 9.78. The van der Waals surface area contributed by atoms with Crippen molar-refractivity contribution < 1.29 is 29.0 Å². The number of carboxylic acid groups (broad SMARTS) is 1. The molecule has 1 heterocycles. The zero-order valence-corrected chi connectivity index (χ0v) is 19.4. The van der Waals surface area contributed by atoms with Gasteiger partial charge in [-0.2, -0.15) is 0 Å². The monoisotopic (exact) mass is 478 g/mol. The van der Waals surface area contributed by atoms with Crippen LogP contribution < -0.4 is 10.6 Å². The van der Waals surface area contributed by atoms with Crippen molar-refractivity contribution in [1.29, 1.82) is 0 Å². The highest BCUT2D eigenvalue weighted by molar-refractivity contribution is 5.82. The molecule has 0 bridgehead atoms. The second-order valence-electron chi connectivity index (χ2n) is 9.69. The minimum atomic E-state index is -0.807. The molecule has 184 valence electrons. The molecule has 35 heavy (non-hydrogen) atoms. The zero-order chi connectivity index (χ0) is 24.4. The second kappa shape index (κ2) is 10.1. The molecule has 3 aliphatic rings. The molecule has 2 fully saturated rings. The number of benzene rings is 2. The molecule has 2 amide bonds. The van der Waals surface area contributed by atoms with Gasteiger partial charge in [-0.05, 0) is 47.4 Å². The summed E-state index contributed by atoms with van der Waals surface area (Å²) >= 11 is 0. The fourth-order valence-electron chi connectivity index (χ4n) is 5.55. The maximum atomic E-state index is 12.7. The van der Waals surface area contributed by atoms with Crippen molar-refractivity contribution in [2.75, 3.05) is 19.8 Å². The SMILES string of the molecule is O=C(O)CC1CC(NC(=O)[C@H]2OCC[C@H]2CNC(=O)OCC2c3ccccc3-c3ccccc32)C1. The Morgan fingerprint density at radius 2 is 1.66 bits per heavy atom. The number of ether oxygens (including phenoxy) is 2. The van der Waals surface area contributed by atoms with Crippen molar-refractivity contribution in [2.24, 2.45) is 11.8 Å². The van der Waals surface area contributed by atoms with E-state index < -0.39 is 18.2 Å². The third-order valence-electron chi connectivity index (χ3n) is 7.37. The van der Waals surface area contributed by atoms with Gasteiger partial charge in [-0.1, -0.05) is 48.5 Å².